The van der Waals surface area contributed by atoms with E-state index < -0.39 is 15.9 Å². The fourth-order valence-electron chi connectivity index (χ4n) is 5.49. The summed E-state index contributed by atoms with van der Waals surface area (Å²) in [4.78, 5) is 31.4. The van der Waals surface area contributed by atoms with Gasteiger partial charge < -0.3 is 19.7 Å². The number of fused-ring (bicyclic) bond motifs is 1. The number of aromatic nitrogens is 1. The number of aryl methyl sites for hydroxylation is 1. The van der Waals surface area contributed by atoms with Crippen molar-refractivity contribution in [1.29, 1.82) is 0 Å². The summed E-state index contributed by atoms with van der Waals surface area (Å²) in [6.45, 7) is 0. The number of carbonyl (C=O) groups excluding carboxylic acids is 2. The Labute approximate surface area is 269 Å². The summed E-state index contributed by atoms with van der Waals surface area (Å²) in [5, 5.41) is 2.65. The van der Waals surface area contributed by atoms with E-state index in [2.05, 4.69) is 15.0 Å². The number of hydrogen-bond donors (Lipinski definition) is 2. The van der Waals surface area contributed by atoms with Crippen LogP contribution in [0.2, 0.25) is 0 Å². The van der Waals surface area contributed by atoms with Gasteiger partial charge in [-0.2, -0.15) is 0 Å². The summed E-state index contributed by atoms with van der Waals surface area (Å²) < 4.78 is 40.7. The minimum Gasteiger partial charge on any atom is -0.497 e. The summed E-state index contributed by atoms with van der Waals surface area (Å²) >= 11 is 0. The van der Waals surface area contributed by atoms with Gasteiger partial charge in [0.1, 0.15) is 22.2 Å². The van der Waals surface area contributed by atoms with Crippen LogP contribution in [0.5, 0.6) is 11.5 Å². The number of anilines is 2. The molecule has 0 spiro atoms. The maximum absolute atomic E-state index is 13.7. The number of benzene rings is 3. The standard InChI is InChI=1S/C35H36N4O6S/c1-39(35(41)22-25-8-6-10-28(20-25)44-2)30-11-7-9-26-15-16-27(23-29(26)30)38-46(42,43)32-21-24(13-17-31(32)45-3)14-18-34(40)37-33-12-4-5-19-36-33/h4-6,8,10,12-21,23,30,38H,7,9,11,22H2,1-3H3,(H,36,37,40)/b18-14+. The molecule has 1 atom stereocenters. The van der Waals surface area contributed by atoms with Gasteiger partial charge in [0.2, 0.25) is 11.8 Å². The van der Waals surface area contributed by atoms with Crippen molar-refractivity contribution in [2.24, 2.45) is 0 Å². The minimum atomic E-state index is -4.11. The maximum Gasteiger partial charge on any atom is 0.265 e. The third kappa shape index (κ3) is 7.73. The fourth-order valence-corrected chi connectivity index (χ4v) is 6.74. The van der Waals surface area contributed by atoms with E-state index in [1.807, 2.05) is 36.4 Å². The molecule has 3 aromatic carbocycles. The second-order valence-electron chi connectivity index (χ2n) is 10.9. The predicted molar refractivity (Wildman–Crippen MR) is 177 cm³/mol. The molecular formula is C35H36N4O6S. The van der Waals surface area contributed by atoms with Crippen LogP contribution >= 0.6 is 0 Å². The molecule has 10 nitrogen and oxygen atoms in total. The number of amides is 2. The van der Waals surface area contributed by atoms with Gasteiger partial charge in [-0.25, -0.2) is 13.4 Å². The van der Waals surface area contributed by atoms with Crippen LogP contribution in [0.15, 0.2) is 96.0 Å². The zero-order valence-electron chi connectivity index (χ0n) is 25.9. The number of ether oxygens (including phenoxy) is 2. The van der Waals surface area contributed by atoms with Crippen LogP contribution in [0.4, 0.5) is 11.5 Å². The van der Waals surface area contributed by atoms with E-state index >= 15 is 0 Å². The number of likely N-dealkylation sites (N-methyl/N-ethyl adjacent to an activating group) is 1. The molecule has 0 radical (unpaired) electrons. The van der Waals surface area contributed by atoms with Gasteiger partial charge in [0.15, 0.2) is 0 Å². The van der Waals surface area contributed by atoms with Crippen molar-refractivity contribution in [1.82, 2.24) is 9.88 Å². The zero-order valence-corrected chi connectivity index (χ0v) is 26.7. The van der Waals surface area contributed by atoms with Crippen LogP contribution in [-0.2, 0) is 32.5 Å². The van der Waals surface area contributed by atoms with Crippen LogP contribution in [0, 0.1) is 0 Å². The normalized spacial score (nSPS) is 14.3. The third-order valence-corrected chi connectivity index (χ3v) is 9.25. The van der Waals surface area contributed by atoms with Crippen LogP contribution in [0.1, 0.15) is 41.1 Å². The van der Waals surface area contributed by atoms with E-state index in [4.69, 9.17) is 9.47 Å². The molecule has 11 heteroatoms. The number of rotatable bonds is 11. The molecule has 0 saturated carbocycles. The highest BCUT2D eigenvalue weighted by Crippen LogP contribution is 2.36. The molecule has 2 amide bonds. The van der Waals surface area contributed by atoms with Gasteiger partial charge in [-0.05, 0) is 96.1 Å². The highest BCUT2D eigenvalue weighted by Gasteiger charge is 2.28. The Morgan fingerprint density at radius 3 is 2.61 bits per heavy atom. The monoisotopic (exact) mass is 640 g/mol. The first kappa shape index (κ1) is 32.2. The lowest BCUT2D eigenvalue weighted by molar-refractivity contribution is -0.131. The van der Waals surface area contributed by atoms with Crippen LogP contribution in [0.25, 0.3) is 6.08 Å². The second-order valence-corrected chi connectivity index (χ2v) is 12.6. The Morgan fingerprint density at radius 2 is 1.85 bits per heavy atom. The molecule has 1 aliphatic carbocycles. The van der Waals surface area contributed by atoms with Crippen LogP contribution in [0.3, 0.4) is 0 Å². The fraction of sp³-hybridized carbons (Fsp3) is 0.229. The smallest absolute Gasteiger partial charge is 0.265 e. The van der Waals surface area contributed by atoms with Gasteiger partial charge in [-0.3, -0.25) is 14.3 Å². The zero-order chi connectivity index (χ0) is 32.7. The Hall–Kier alpha value is -5.16. The molecule has 1 aliphatic rings. The number of hydrogen-bond acceptors (Lipinski definition) is 7. The van der Waals surface area contributed by atoms with Gasteiger partial charge in [-0.1, -0.05) is 30.3 Å². The van der Waals surface area contributed by atoms with Crippen molar-refractivity contribution in [3.05, 3.63) is 113 Å². The van der Waals surface area contributed by atoms with Gasteiger partial charge in [-0.15, -0.1) is 0 Å². The lowest BCUT2D eigenvalue weighted by Crippen LogP contribution is -2.34. The molecule has 4 aromatic rings. The molecule has 5 rings (SSSR count). The van der Waals surface area contributed by atoms with Crippen molar-refractivity contribution in [3.63, 3.8) is 0 Å². The van der Waals surface area contributed by atoms with Crippen LogP contribution in [-0.4, -0.2) is 51.4 Å². The Bertz CT molecular complexity index is 1860. The highest BCUT2D eigenvalue weighted by molar-refractivity contribution is 7.92. The van der Waals surface area contributed by atoms with Crippen molar-refractivity contribution < 1.29 is 27.5 Å². The molecule has 46 heavy (non-hydrogen) atoms. The van der Waals surface area contributed by atoms with E-state index in [9.17, 15) is 18.0 Å². The van der Waals surface area contributed by atoms with E-state index in [-0.39, 0.29) is 29.0 Å². The average Bonchev–Trinajstić information content (AvgIpc) is 3.07. The largest absolute Gasteiger partial charge is 0.497 e. The predicted octanol–water partition coefficient (Wildman–Crippen LogP) is 5.63. The Balaban J connectivity index is 1.34. The van der Waals surface area contributed by atoms with E-state index in [1.165, 1.54) is 31.4 Å². The molecule has 238 valence electrons. The van der Waals surface area contributed by atoms with Crippen LogP contribution < -0.4 is 19.5 Å². The number of sulfonamides is 1. The first-order chi connectivity index (χ1) is 22.2. The summed E-state index contributed by atoms with van der Waals surface area (Å²) in [6, 6.07) is 22.5. The lowest BCUT2D eigenvalue weighted by Gasteiger charge is -2.34. The van der Waals surface area contributed by atoms with Gasteiger partial charge >= 0.3 is 0 Å². The summed E-state index contributed by atoms with van der Waals surface area (Å²) in [7, 11) is 0.672. The van der Waals surface area contributed by atoms with E-state index in [0.717, 1.165) is 36.0 Å². The maximum atomic E-state index is 13.7. The second kappa shape index (κ2) is 14.3. The molecular weight excluding hydrogens is 604 g/mol. The Morgan fingerprint density at radius 1 is 1.00 bits per heavy atom. The van der Waals surface area contributed by atoms with Gasteiger partial charge in [0.25, 0.3) is 10.0 Å². The summed E-state index contributed by atoms with van der Waals surface area (Å²) in [5.74, 6) is 0.797. The molecule has 2 N–H and O–H groups in total. The number of methoxy groups -OCH3 is 2. The van der Waals surface area contributed by atoms with E-state index in [0.29, 0.717) is 22.8 Å². The SMILES string of the molecule is COc1cccc(CC(=O)N(C)C2CCCc3ccc(NS(=O)(=O)c4cc(/C=C/C(=O)Nc5ccccn5)ccc4OC)cc32)c1. The molecule has 1 heterocycles. The lowest BCUT2D eigenvalue weighted by atomic mass is 9.86. The van der Waals surface area contributed by atoms with Crippen molar-refractivity contribution in [2.75, 3.05) is 31.3 Å². The number of carbonyl (C=O) groups is 2. The van der Waals surface area contributed by atoms with Gasteiger partial charge in [0, 0.05) is 25.0 Å². The number of nitrogens with zero attached hydrogens (tertiary/aromatic N) is 2. The summed E-state index contributed by atoms with van der Waals surface area (Å²) in [6.07, 6.45) is 7.12. The van der Waals surface area contributed by atoms with Gasteiger partial charge in [0.05, 0.1) is 26.7 Å². The summed E-state index contributed by atoms with van der Waals surface area (Å²) in [5.41, 5.74) is 3.70. The first-order valence-corrected chi connectivity index (χ1v) is 16.3. The van der Waals surface area contributed by atoms with Crippen molar-refractivity contribution in [2.45, 2.75) is 36.6 Å². The van der Waals surface area contributed by atoms with Crippen molar-refractivity contribution in [3.8, 4) is 11.5 Å². The quantitative estimate of drug-likeness (QED) is 0.204. The molecule has 0 aliphatic heterocycles. The minimum absolute atomic E-state index is 0.0413. The van der Waals surface area contributed by atoms with Crippen molar-refractivity contribution >= 4 is 39.4 Å². The molecule has 0 fully saturated rings. The Kier molecular flexibility index (Phi) is 10.0. The number of pyridine rings is 1. The molecule has 1 aromatic heterocycles. The highest BCUT2D eigenvalue weighted by atomic mass is 32.2. The average molecular weight is 641 g/mol. The third-order valence-electron chi connectivity index (χ3n) is 7.85. The number of nitrogens with one attached hydrogen (secondary N) is 2. The first-order valence-electron chi connectivity index (χ1n) is 14.8. The molecule has 0 saturated heterocycles. The van der Waals surface area contributed by atoms with E-state index in [1.54, 1.807) is 55.6 Å². The topological polar surface area (TPSA) is 127 Å². The molecule has 0 bridgehead atoms. The molecule has 1 unspecified atom stereocenters.